The van der Waals surface area contributed by atoms with Crippen LogP contribution in [0.15, 0.2) is 4.47 Å². The van der Waals surface area contributed by atoms with Crippen LogP contribution >= 0.6 is 27.3 Å². The monoisotopic (exact) mass is 346 g/mol. The first-order valence-electron chi connectivity index (χ1n) is 6.45. The second-order valence-corrected chi connectivity index (χ2v) is 6.76. The van der Waals surface area contributed by atoms with E-state index in [4.69, 9.17) is 4.74 Å². The van der Waals surface area contributed by atoms with Gasteiger partial charge in [0, 0.05) is 11.4 Å². The summed E-state index contributed by atoms with van der Waals surface area (Å²) in [7, 11) is 1.59. The van der Waals surface area contributed by atoms with Gasteiger partial charge in [0.25, 0.3) is 5.91 Å². The molecule has 19 heavy (non-hydrogen) atoms. The van der Waals surface area contributed by atoms with Gasteiger partial charge < -0.3 is 15.4 Å². The normalized spacial score (nSPS) is 18.6. The fourth-order valence-corrected chi connectivity index (χ4v) is 3.93. The summed E-state index contributed by atoms with van der Waals surface area (Å²) in [6, 6.07) is 0. The van der Waals surface area contributed by atoms with Gasteiger partial charge in [-0.3, -0.25) is 4.79 Å². The van der Waals surface area contributed by atoms with Crippen LogP contribution in [-0.2, 0) is 0 Å². The summed E-state index contributed by atoms with van der Waals surface area (Å²) in [5, 5.41) is 6.32. The Hall–Kier alpha value is -0.590. The van der Waals surface area contributed by atoms with Gasteiger partial charge in [-0.2, -0.15) is 0 Å². The Morgan fingerprint density at radius 2 is 2.42 bits per heavy atom. The van der Waals surface area contributed by atoms with Crippen molar-refractivity contribution >= 4 is 33.2 Å². The molecule has 1 unspecified atom stereocenters. The standard InChI is InChI=1S/C13H19BrN2O2S/c1-8-10(14)11(18-2)12(19-8)13(17)16-6-4-9-3-5-15-7-9/h9,15H,3-7H2,1-2H3,(H,16,17). The van der Waals surface area contributed by atoms with Crippen LogP contribution in [0.25, 0.3) is 0 Å². The van der Waals surface area contributed by atoms with Gasteiger partial charge in [-0.15, -0.1) is 11.3 Å². The van der Waals surface area contributed by atoms with Crippen molar-refractivity contribution < 1.29 is 9.53 Å². The lowest BCUT2D eigenvalue weighted by Crippen LogP contribution is -2.26. The number of rotatable bonds is 5. The third-order valence-electron chi connectivity index (χ3n) is 3.38. The predicted octanol–water partition coefficient (Wildman–Crippen LogP) is 2.56. The Labute approximate surface area is 126 Å². The molecule has 0 spiro atoms. The first-order valence-corrected chi connectivity index (χ1v) is 8.06. The zero-order valence-electron chi connectivity index (χ0n) is 11.2. The van der Waals surface area contributed by atoms with Crippen LogP contribution in [0.5, 0.6) is 5.75 Å². The van der Waals surface area contributed by atoms with Gasteiger partial charge in [-0.1, -0.05) is 0 Å². The zero-order chi connectivity index (χ0) is 13.8. The smallest absolute Gasteiger partial charge is 0.265 e. The van der Waals surface area contributed by atoms with Crippen molar-refractivity contribution in [3.8, 4) is 5.75 Å². The first-order chi connectivity index (χ1) is 9.13. The Balaban J connectivity index is 1.90. The quantitative estimate of drug-likeness (QED) is 0.861. The summed E-state index contributed by atoms with van der Waals surface area (Å²) < 4.78 is 6.17. The predicted molar refractivity (Wildman–Crippen MR) is 81.2 cm³/mol. The van der Waals surface area contributed by atoms with E-state index in [0.717, 1.165) is 35.4 Å². The van der Waals surface area contributed by atoms with Crippen molar-refractivity contribution in [2.75, 3.05) is 26.7 Å². The van der Waals surface area contributed by atoms with Crippen molar-refractivity contribution in [1.29, 1.82) is 0 Å². The number of ether oxygens (including phenoxy) is 1. The Kier molecular flexibility index (Phi) is 5.24. The Morgan fingerprint density at radius 3 is 3.05 bits per heavy atom. The molecule has 1 saturated heterocycles. The molecule has 1 aliphatic rings. The molecular weight excluding hydrogens is 328 g/mol. The molecule has 0 bridgehead atoms. The van der Waals surface area contributed by atoms with Gasteiger partial charge in [0.15, 0.2) is 5.75 Å². The first kappa shape index (κ1) is 14.8. The van der Waals surface area contributed by atoms with Crippen molar-refractivity contribution in [1.82, 2.24) is 10.6 Å². The van der Waals surface area contributed by atoms with Gasteiger partial charge in [-0.25, -0.2) is 0 Å². The van der Waals surface area contributed by atoms with Gasteiger partial charge >= 0.3 is 0 Å². The molecule has 6 heteroatoms. The Bertz CT molecular complexity index is 456. The van der Waals surface area contributed by atoms with Crippen LogP contribution in [0.4, 0.5) is 0 Å². The summed E-state index contributed by atoms with van der Waals surface area (Å²) in [5.41, 5.74) is 0. The largest absolute Gasteiger partial charge is 0.494 e. The van der Waals surface area contributed by atoms with Crippen LogP contribution in [0.2, 0.25) is 0 Å². The number of methoxy groups -OCH3 is 1. The molecule has 1 aliphatic heterocycles. The number of hydrogen-bond acceptors (Lipinski definition) is 4. The molecule has 4 nitrogen and oxygen atoms in total. The molecule has 2 heterocycles. The van der Waals surface area contributed by atoms with E-state index in [9.17, 15) is 4.79 Å². The van der Waals surface area contributed by atoms with E-state index in [1.807, 2.05) is 6.92 Å². The van der Waals surface area contributed by atoms with Crippen molar-refractivity contribution in [2.45, 2.75) is 19.8 Å². The molecule has 2 rings (SSSR count). The van der Waals surface area contributed by atoms with E-state index in [1.165, 1.54) is 17.8 Å². The van der Waals surface area contributed by atoms with E-state index >= 15 is 0 Å². The molecule has 1 atom stereocenters. The average Bonchev–Trinajstić information content (AvgIpc) is 2.99. The second kappa shape index (κ2) is 6.72. The van der Waals surface area contributed by atoms with Gasteiger partial charge in [0.05, 0.1) is 11.6 Å². The van der Waals surface area contributed by atoms with Gasteiger partial charge in [0.2, 0.25) is 0 Å². The minimum Gasteiger partial charge on any atom is -0.494 e. The fraction of sp³-hybridized carbons (Fsp3) is 0.615. The average molecular weight is 347 g/mol. The zero-order valence-corrected chi connectivity index (χ0v) is 13.6. The fourth-order valence-electron chi connectivity index (χ4n) is 2.27. The van der Waals surface area contributed by atoms with Crippen LogP contribution < -0.4 is 15.4 Å². The summed E-state index contributed by atoms with van der Waals surface area (Å²) >= 11 is 4.91. The Morgan fingerprint density at radius 1 is 1.63 bits per heavy atom. The third-order valence-corrected chi connectivity index (χ3v) is 5.68. The molecular formula is C13H19BrN2O2S. The maximum absolute atomic E-state index is 12.1. The number of amides is 1. The third kappa shape index (κ3) is 3.49. The summed E-state index contributed by atoms with van der Waals surface area (Å²) in [6.07, 6.45) is 2.25. The molecule has 1 amide bonds. The highest BCUT2D eigenvalue weighted by Gasteiger charge is 2.21. The second-order valence-electron chi connectivity index (χ2n) is 4.74. The molecule has 0 saturated carbocycles. The molecule has 1 aromatic rings. The number of carbonyl (C=O) groups is 1. The van der Waals surface area contributed by atoms with E-state index in [-0.39, 0.29) is 5.91 Å². The molecule has 1 fully saturated rings. The lowest BCUT2D eigenvalue weighted by atomic mass is 10.1. The highest BCUT2D eigenvalue weighted by Crippen LogP contribution is 2.38. The van der Waals surface area contributed by atoms with E-state index in [2.05, 4.69) is 26.6 Å². The number of nitrogens with one attached hydrogen (secondary N) is 2. The lowest BCUT2D eigenvalue weighted by Gasteiger charge is -2.09. The molecule has 1 aromatic heterocycles. The molecule has 0 aliphatic carbocycles. The number of aryl methyl sites for hydroxylation is 1. The summed E-state index contributed by atoms with van der Waals surface area (Å²) in [4.78, 5) is 13.9. The van der Waals surface area contributed by atoms with Crippen LogP contribution in [-0.4, -0.2) is 32.7 Å². The summed E-state index contributed by atoms with van der Waals surface area (Å²) in [6.45, 7) is 4.87. The minimum absolute atomic E-state index is 0.0402. The number of carbonyl (C=O) groups excluding carboxylic acids is 1. The number of halogens is 1. The maximum atomic E-state index is 12.1. The van der Waals surface area contributed by atoms with Crippen molar-refractivity contribution in [3.05, 3.63) is 14.2 Å². The number of hydrogen-bond donors (Lipinski definition) is 2. The minimum atomic E-state index is -0.0402. The highest BCUT2D eigenvalue weighted by atomic mass is 79.9. The molecule has 0 aromatic carbocycles. The number of thiophene rings is 1. The van der Waals surface area contributed by atoms with Gasteiger partial charge in [-0.05, 0) is 54.7 Å². The van der Waals surface area contributed by atoms with Crippen LogP contribution in [0.1, 0.15) is 27.4 Å². The van der Waals surface area contributed by atoms with E-state index in [0.29, 0.717) is 16.5 Å². The molecule has 2 N–H and O–H groups in total. The maximum Gasteiger partial charge on any atom is 0.265 e. The van der Waals surface area contributed by atoms with Crippen LogP contribution in [0, 0.1) is 12.8 Å². The van der Waals surface area contributed by atoms with E-state index < -0.39 is 0 Å². The SMILES string of the molecule is COc1c(C(=O)NCCC2CCNC2)sc(C)c1Br. The van der Waals surface area contributed by atoms with Crippen molar-refractivity contribution in [2.24, 2.45) is 5.92 Å². The highest BCUT2D eigenvalue weighted by molar-refractivity contribution is 9.10. The summed E-state index contributed by atoms with van der Waals surface area (Å²) in [5.74, 6) is 1.29. The van der Waals surface area contributed by atoms with Gasteiger partial charge in [0.1, 0.15) is 4.88 Å². The topological polar surface area (TPSA) is 50.4 Å². The molecule has 106 valence electrons. The van der Waals surface area contributed by atoms with Crippen LogP contribution in [0.3, 0.4) is 0 Å². The lowest BCUT2D eigenvalue weighted by molar-refractivity contribution is 0.0953. The van der Waals surface area contributed by atoms with Crippen molar-refractivity contribution in [3.63, 3.8) is 0 Å². The molecule has 0 radical (unpaired) electrons. The van der Waals surface area contributed by atoms with E-state index in [1.54, 1.807) is 7.11 Å².